The van der Waals surface area contributed by atoms with Crippen LogP contribution in [0.4, 0.5) is 8.78 Å². The lowest BCUT2D eigenvalue weighted by Gasteiger charge is -2.11. The fraction of sp³-hybridized carbons (Fsp3) is 0.0833. The van der Waals surface area contributed by atoms with Gasteiger partial charge in [0.25, 0.3) is 5.56 Å². The third kappa shape index (κ3) is 1.91. The van der Waals surface area contributed by atoms with E-state index in [9.17, 15) is 13.6 Å². The predicted molar refractivity (Wildman–Crippen MR) is 58.4 cm³/mol. The Morgan fingerprint density at radius 1 is 1.18 bits per heavy atom. The van der Waals surface area contributed by atoms with Crippen molar-refractivity contribution >= 4 is 0 Å². The van der Waals surface area contributed by atoms with E-state index < -0.39 is 28.6 Å². The molecule has 17 heavy (non-hydrogen) atoms. The maximum absolute atomic E-state index is 13.6. The molecule has 0 aliphatic rings. The van der Waals surface area contributed by atoms with Crippen molar-refractivity contribution in [1.29, 1.82) is 0 Å². The highest BCUT2D eigenvalue weighted by atomic mass is 19.1. The van der Waals surface area contributed by atoms with Gasteiger partial charge in [-0.2, -0.15) is 0 Å². The van der Waals surface area contributed by atoms with Crippen LogP contribution < -0.4 is 5.56 Å². The summed E-state index contributed by atoms with van der Waals surface area (Å²) in [5, 5.41) is 9.04. The summed E-state index contributed by atoms with van der Waals surface area (Å²) in [5.74, 6) is -2.50. The number of halogens is 2. The molecule has 88 valence electrons. The van der Waals surface area contributed by atoms with Gasteiger partial charge >= 0.3 is 0 Å². The molecule has 0 aliphatic heterocycles. The highest BCUT2D eigenvalue weighted by molar-refractivity contribution is 5.41. The number of hydrogen-bond donors (Lipinski definition) is 1. The Morgan fingerprint density at radius 3 is 2.29 bits per heavy atom. The third-order valence-electron chi connectivity index (χ3n) is 2.37. The Labute approximate surface area is 95.6 Å². The van der Waals surface area contributed by atoms with Crippen LogP contribution in [0.15, 0.2) is 35.1 Å². The van der Waals surface area contributed by atoms with E-state index in [4.69, 9.17) is 5.11 Å². The van der Waals surface area contributed by atoms with E-state index in [1.807, 2.05) is 0 Å². The van der Waals surface area contributed by atoms with Crippen molar-refractivity contribution in [3.05, 3.63) is 58.0 Å². The van der Waals surface area contributed by atoms with E-state index in [2.05, 4.69) is 0 Å². The molecular formula is C12H9F2NO2. The van der Waals surface area contributed by atoms with Crippen LogP contribution in [-0.4, -0.2) is 9.67 Å². The molecule has 2 rings (SSSR count). The predicted octanol–water partition coefficient (Wildman–Crippen LogP) is 2.13. The van der Waals surface area contributed by atoms with Gasteiger partial charge in [-0.3, -0.25) is 9.36 Å². The fourth-order valence-electron chi connectivity index (χ4n) is 1.64. The number of benzene rings is 1. The van der Waals surface area contributed by atoms with Crippen molar-refractivity contribution in [3.8, 4) is 11.4 Å². The molecule has 0 spiro atoms. The molecule has 0 saturated carbocycles. The summed E-state index contributed by atoms with van der Waals surface area (Å²) in [7, 11) is 0. The van der Waals surface area contributed by atoms with E-state index in [1.165, 1.54) is 12.1 Å². The second kappa shape index (κ2) is 4.01. The Kier molecular flexibility index (Phi) is 2.67. The van der Waals surface area contributed by atoms with Gasteiger partial charge in [0.1, 0.15) is 11.4 Å². The van der Waals surface area contributed by atoms with Gasteiger partial charge in [-0.25, -0.2) is 8.78 Å². The molecule has 1 N–H and O–H groups in total. The van der Waals surface area contributed by atoms with Crippen LogP contribution in [-0.2, 0) is 0 Å². The standard InChI is InChI=1S/C12H9F2NO2/c1-7-3-2-4-11(17)15(7)12-9(13)5-8(16)6-10(12)14/h2-6,16H,1H3. The first-order valence-corrected chi connectivity index (χ1v) is 4.88. The lowest BCUT2D eigenvalue weighted by atomic mass is 10.2. The Hall–Kier alpha value is -2.17. The van der Waals surface area contributed by atoms with E-state index in [1.54, 1.807) is 13.0 Å². The van der Waals surface area contributed by atoms with E-state index in [0.29, 0.717) is 5.69 Å². The average Bonchev–Trinajstić information content (AvgIpc) is 2.21. The number of aromatic nitrogens is 1. The smallest absolute Gasteiger partial charge is 0.255 e. The number of rotatable bonds is 1. The van der Waals surface area contributed by atoms with E-state index >= 15 is 0 Å². The first-order chi connectivity index (χ1) is 8.00. The average molecular weight is 237 g/mol. The van der Waals surface area contributed by atoms with Gasteiger partial charge in [-0.15, -0.1) is 0 Å². The summed E-state index contributed by atoms with van der Waals surface area (Å²) in [6.07, 6.45) is 0. The van der Waals surface area contributed by atoms with Crippen LogP contribution >= 0.6 is 0 Å². The maximum Gasteiger partial charge on any atom is 0.255 e. The first-order valence-electron chi connectivity index (χ1n) is 4.88. The Bertz CT molecular complexity index is 612. The summed E-state index contributed by atoms with van der Waals surface area (Å²) in [5.41, 5.74) is -0.611. The van der Waals surface area contributed by atoms with Gasteiger partial charge < -0.3 is 5.11 Å². The monoisotopic (exact) mass is 237 g/mol. The van der Waals surface area contributed by atoms with E-state index in [0.717, 1.165) is 16.7 Å². The fourth-order valence-corrected chi connectivity index (χ4v) is 1.64. The number of nitrogens with zero attached hydrogens (tertiary/aromatic N) is 1. The summed E-state index contributed by atoms with van der Waals surface area (Å²) in [6.45, 7) is 1.56. The maximum atomic E-state index is 13.6. The lowest BCUT2D eigenvalue weighted by Crippen LogP contribution is -2.21. The molecule has 0 unspecified atom stereocenters. The number of hydrogen-bond acceptors (Lipinski definition) is 2. The number of phenolic OH excluding ortho intramolecular Hbond substituents is 1. The molecule has 3 nitrogen and oxygen atoms in total. The van der Waals surface area contributed by atoms with Gasteiger partial charge in [-0.05, 0) is 13.0 Å². The van der Waals surface area contributed by atoms with Crippen molar-refractivity contribution in [1.82, 2.24) is 4.57 Å². The van der Waals surface area contributed by atoms with Gasteiger partial charge in [0, 0.05) is 23.9 Å². The molecule has 0 amide bonds. The second-order valence-electron chi connectivity index (χ2n) is 3.60. The third-order valence-corrected chi connectivity index (χ3v) is 2.37. The second-order valence-corrected chi connectivity index (χ2v) is 3.60. The quantitative estimate of drug-likeness (QED) is 0.825. The minimum absolute atomic E-state index is 0.404. The highest BCUT2D eigenvalue weighted by Crippen LogP contribution is 2.22. The van der Waals surface area contributed by atoms with Crippen molar-refractivity contribution in [2.75, 3.05) is 0 Å². The molecule has 0 saturated heterocycles. The summed E-state index contributed by atoms with van der Waals surface area (Å²) < 4.78 is 28.1. The largest absolute Gasteiger partial charge is 0.508 e. The number of pyridine rings is 1. The summed E-state index contributed by atoms with van der Waals surface area (Å²) >= 11 is 0. The molecule has 2 aromatic rings. The van der Waals surface area contributed by atoms with Crippen LogP contribution in [0.25, 0.3) is 5.69 Å². The number of aromatic hydroxyl groups is 1. The van der Waals surface area contributed by atoms with Gasteiger partial charge in [0.2, 0.25) is 0 Å². The molecule has 1 aromatic heterocycles. The van der Waals surface area contributed by atoms with Crippen molar-refractivity contribution in [2.45, 2.75) is 6.92 Å². The molecular weight excluding hydrogens is 228 g/mol. The van der Waals surface area contributed by atoms with Crippen LogP contribution in [0.1, 0.15) is 5.69 Å². The Morgan fingerprint density at radius 2 is 1.76 bits per heavy atom. The molecule has 5 heteroatoms. The summed E-state index contributed by atoms with van der Waals surface area (Å²) in [6, 6.07) is 5.80. The van der Waals surface area contributed by atoms with E-state index in [-0.39, 0.29) is 0 Å². The molecule has 0 radical (unpaired) electrons. The lowest BCUT2D eigenvalue weighted by molar-refractivity contribution is 0.458. The van der Waals surface area contributed by atoms with Crippen molar-refractivity contribution in [3.63, 3.8) is 0 Å². The zero-order chi connectivity index (χ0) is 12.6. The van der Waals surface area contributed by atoms with Crippen LogP contribution in [0.3, 0.4) is 0 Å². The molecule has 1 heterocycles. The SMILES string of the molecule is Cc1cccc(=O)n1-c1c(F)cc(O)cc1F. The Balaban J connectivity index is 2.82. The molecule has 0 bridgehead atoms. The molecule has 0 atom stereocenters. The minimum atomic E-state index is -0.987. The molecule has 0 aliphatic carbocycles. The molecule has 1 aromatic carbocycles. The van der Waals surface area contributed by atoms with Crippen LogP contribution in [0.2, 0.25) is 0 Å². The highest BCUT2D eigenvalue weighted by Gasteiger charge is 2.15. The summed E-state index contributed by atoms with van der Waals surface area (Å²) in [4.78, 5) is 11.6. The minimum Gasteiger partial charge on any atom is -0.508 e. The van der Waals surface area contributed by atoms with Gasteiger partial charge in [0.15, 0.2) is 11.6 Å². The van der Waals surface area contributed by atoms with Gasteiger partial charge in [-0.1, -0.05) is 6.07 Å². The van der Waals surface area contributed by atoms with Crippen molar-refractivity contribution in [2.24, 2.45) is 0 Å². The zero-order valence-electron chi connectivity index (χ0n) is 8.95. The first kappa shape index (κ1) is 11.3. The van der Waals surface area contributed by atoms with Crippen LogP contribution in [0.5, 0.6) is 5.75 Å². The normalized spacial score (nSPS) is 10.5. The van der Waals surface area contributed by atoms with Gasteiger partial charge in [0.05, 0.1) is 0 Å². The zero-order valence-corrected chi connectivity index (χ0v) is 8.95. The number of aryl methyl sites for hydroxylation is 1. The molecule has 0 fully saturated rings. The van der Waals surface area contributed by atoms with Crippen LogP contribution in [0, 0.1) is 18.6 Å². The van der Waals surface area contributed by atoms with Crippen molar-refractivity contribution < 1.29 is 13.9 Å². The topological polar surface area (TPSA) is 42.2 Å². The number of phenols is 1.